The van der Waals surface area contributed by atoms with E-state index in [1.165, 1.54) is 0 Å². The third kappa shape index (κ3) is 5.16. The molecule has 1 aromatic carbocycles. The van der Waals surface area contributed by atoms with Crippen molar-refractivity contribution in [1.29, 1.82) is 0 Å². The SMILES string of the molecule is COc1ccc(-c2nc3cccnc3n2CCCN2CCOCC2)cc1OC.Cl.Cl. The molecule has 4 rings (SSSR count). The second-order valence-corrected chi connectivity index (χ2v) is 6.81. The van der Waals surface area contributed by atoms with Gasteiger partial charge >= 0.3 is 0 Å². The average Bonchev–Trinajstić information content (AvgIpc) is 3.12. The molecule has 0 unspecified atom stereocenters. The minimum absolute atomic E-state index is 0. The molecule has 1 saturated heterocycles. The molecule has 9 heteroatoms. The summed E-state index contributed by atoms with van der Waals surface area (Å²) in [7, 11) is 3.29. The average molecular weight is 455 g/mol. The minimum Gasteiger partial charge on any atom is -0.493 e. The first-order valence-electron chi connectivity index (χ1n) is 9.64. The summed E-state index contributed by atoms with van der Waals surface area (Å²) < 4.78 is 18.5. The van der Waals surface area contributed by atoms with Gasteiger partial charge in [-0.3, -0.25) is 4.90 Å². The van der Waals surface area contributed by atoms with E-state index in [0.29, 0.717) is 11.5 Å². The number of halogens is 2. The monoisotopic (exact) mass is 454 g/mol. The summed E-state index contributed by atoms with van der Waals surface area (Å²) in [5.41, 5.74) is 2.80. The number of pyridine rings is 1. The van der Waals surface area contributed by atoms with Crippen molar-refractivity contribution in [1.82, 2.24) is 19.4 Å². The maximum Gasteiger partial charge on any atom is 0.161 e. The van der Waals surface area contributed by atoms with Gasteiger partial charge in [-0.25, -0.2) is 9.97 Å². The number of methoxy groups -OCH3 is 2. The molecule has 1 aliphatic rings. The molecule has 0 N–H and O–H groups in total. The number of aryl methyl sites for hydroxylation is 1. The van der Waals surface area contributed by atoms with Crippen molar-refractivity contribution in [3.63, 3.8) is 0 Å². The van der Waals surface area contributed by atoms with Crippen molar-refractivity contribution in [2.75, 3.05) is 47.1 Å². The topological polar surface area (TPSA) is 61.6 Å². The quantitative estimate of drug-likeness (QED) is 0.542. The van der Waals surface area contributed by atoms with Crippen LogP contribution in [0.4, 0.5) is 0 Å². The van der Waals surface area contributed by atoms with Crippen LogP contribution in [0.1, 0.15) is 6.42 Å². The zero-order valence-corrected chi connectivity index (χ0v) is 18.9. The highest BCUT2D eigenvalue weighted by Gasteiger charge is 2.16. The van der Waals surface area contributed by atoms with Crippen LogP contribution >= 0.6 is 24.8 Å². The Balaban J connectivity index is 0.00000160. The van der Waals surface area contributed by atoms with E-state index >= 15 is 0 Å². The van der Waals surface area contributed by atoms with E-state index in [4.69, 9.17) is 19.2 Å². The van der Waals surface area contributed by atoms with Crippen molar-refractivity contribution >= 4 is 36.0 Å². The van der Waals surface area contributed by atoms with E-state index in [-0.39, 0.29) is 24.8 Å². The molecule has 3 aromatic rings. The molecule has 164 valence electrons. The maximum atomic E-state index is 5.48. The van der Waals surface area contributed by atoms with Crippen LogP contribution in [-0.2, 0) is 11.3 Å². The highest BCUT2D eigenvalue weighted by Crippen LogP contribution is 2.33. The molecule has 3 heterocycles. The zero-order valence-electron chi connectivity index (χ0n) is 17.2. The van der Waals surface area contributed by atoms with Crippen LogP contribution in [0.25, 0.3) is 22.6 Å². The number of ether oxygens (including phenoxy) is 3. The normalized spacial score (nSPS) is 14.1. The number of hydrogen-bond acceptors (Lipinski definition) is 6. The number of benzene rings is 1. The van der Waals surface area contributed by atoms with Crippen LogP contribution in [0.3, 0.4) is 0 Å². The van der Waals surface area contributed by atoms with Crippen LogP contribution < -0.4 is 9.47 Å². The third-order valence-electron chi connectivity index (χ3n) is 5.11. The highest BCUT2D eigenvalue weighted by atomic mass is 35.5. The second-order valence-electron chi connectivity index (χ2n) is 6.81. The fraction of sp³-hybridized carbons (Fsp3) is 0.429. The van der Waals surface area contributed by atoms with E-state index in [2.05, 4.69) is 14.5 Å². The molecule has 0 bridgehead atoms. The van der Waals surface area contributed by atoms with Gasteiger partial charge in [-0.05, 0) is 36.8 Å². The van der Waals surface area contributed by atoms with E-state index in [0.717, 1.165) is 68.4 Å². The molecule has 0 radical (unpaired) electrons. The van der Waals surface area contributed by atoms with Crippen molar-refractivity contribution in [3.05, 3.63) is 36.5 Å². The van der Waals surface area contributed by atoms with E-state index < -0.39 is 0 Å². The predicted molar refractivity (Wildman–Crippen MR) is 122 cm³/mol. The summed E-state index contributed by atoms with van der Waals surface area (Å²) in [5, 5.41) is 0. The molecular formula is C21H28Cl2N4O3. The van der Waals surface area contributed by atoms with Gasteiger partial charge in [0.05, 0.1) is 27.4 Å². The molecular weight excluding hydrogens is 427 g/mol. The van der Waals surface area contributed by atoms with Crippen LogP contribution in [0, 0.1) is 0 Å². The summed E-state index contributed by atoms with van der Waals surface area (Å²) in [6.45, 7) is 5.56. The Hall–Kier alpha value is -2.06. The summed E-state index contributed by atoms with van der Waals surface area (Å²) in [4.78, 5) is 11.9. The molecule has 0 saturated carbocycles. The smallest absolute Gasteiger partial charge is 0.161 e. The van der Waals surface area contributed by atoms with Gasteiger partial charge < -0.3 is 18.8 Å². The van der Waals surface area contributed by atoms with Crippen molar-refractivity contribution < 1.29 is 14.2 Å². The molecule has 0 aliphatic carbocycles. The second kappa shape index (κ2) is 11.4. The molecule has 2 aromatic heterocycles. The Bertz CT molecular complexity index is 945. The standard InChI is InChI=1S/C21H26N4O3.2ClH/c1-26-18-7-6-16(15-19(18)27-2)20-23-17-5-3-8-22-21(17)25(20)10-4-9-24-11-13-28-14-12-24;;/h3,5-8,15H,4,9-14H2,1-2H3;2*1H. The number of rotatable bonds is 7. The summed E-state index contributed by atoms with van der Waals surface area (Å²) in [6.07, 6.45) is 2.85. The number of hydrogen-bond donors (Lipinski definition) is 0. The fourth-order valence-electron chi connectivity index (χ4n) is 3.64. The van der Waals surface area contributed by atoms with Crippen LogP contribution in [0.15, 0.2) is 36.5 Å². The fourth-order valence-corrected chi connectivity index (χ4v) is 3.64. The van der Waals surface area contributed by atoms with E-state index in [1.807, 2.05) is 36.5 Å². The van der Waals surface area contributed by atoms with Gasteiger partial charge in [0.2, 0.25) is 0 Å². The highest BCUT2D eigenvalue weighted by molar-refractivity contribution is 5.85. The molecule has 0 atom stereocenters. The van der Waals surface area contributed by atoms with E-state index in [1.54, 1.807) is 14.2 Å². The first-order valence-corrected chi connectivity index (χ1v) is 9.64. The van der Waals surface area contributed by atoms with Gasteiger partial charge in [0.25, 0.3) is 0 Å². The lowest BCUT2D eigenvalue weighted by Gasteiger charge is -2.26. The van der Waals surface area contributed by atoms with Crippen LogP contribution in [-0.4, -0.2) is 66.5 Å². The Morgan fingerprint density at radius 1 is 1.00 bits per heavy atom. The van der Waals surface area contributed by atoms with Gasteiger partial charge in [-0.15, -0.1) is 24.8 Å². The van der Waals surface area contributed by atoms with Gasteiger partial charge in [-0.1, -0.05) is 0 Å². The van der Waals surface area contributed by atoms with Crippen molar-refractivity contribution in [3.8, 4) is 22.9 Å². The Labute approximate surface area is 189 Å². The Morgan fingerprint density at radius 3 is 2.50 bits per heavy atom. The zero-order chi connectivity index (χ0) is 19.3. The van der Waals surface area contributed by atoms with Gasteiger partial charge in [0, 0.05) is 37.9 Å². The molecule has 1 aliphatic heterocycles. The third-order valence-corrected chi connectivity index (χ3v) is 5.11. The van der Waals surface area contributed by atoms with Crippen LogP contribution in [0.2, 0.25) is 0 Å². The Morgan fingerprint density at radius 2 is 1.77 bits per heavy atom. The first-order chi connectivity index (χ1) is 13.8. The molecule has 0 spiro atoms. The van der Waals surface area contributed by atoms with Gasteiger partial charge in [0.15, 0.2) is 17.1 Å². The minimum atomic E-state index is 0. The molecule has 30 heavy (non-hydrogen) atoms. The van der Waals surface area contributed by atoms with Gasteiger partial charge in [-0.2, -0.15) is 0 Å². The van der Waals surface area contributed by atoms with Gasteiger partial charge in [0.1, 0.15) is 11.3 Å². The summed E-state index contributed by atoms with van der Waals surface area (Å²) in [5.74, 6) is 2.30. The number of nitrogens with zero attached hydrogens (tertiary/aromatic N) is 4. The Kier molecular flexibility index (Phi) is 9.17. The lowest BCUT2D eigenvalue weighted by Crippen LogP contribution is -2.37. The lowest BCUT2D eigenvalue weighted by atomic mass is 10.2. The summed E-state index contributed by atoms with van der Waals surface area (Å²) >= 11 is 0. The van der Waals surface area contributed by atoms with E-state index in [9.17, 15) is 0 Å². The predicted octanol–water partition coefficient (Wildman–Crippen LogP) is 3.68. The number of morpholine rings is 1. The van der Waals surface area contributed by atoms with Crippen molar-refractivity contribution in [2.24, 2.45) is 0 Å². The number of fused-ring (bicyclic) bond motifs is 1. The number of imidazole rings is 1. The molecule has 7 nitrogen and oxygen atoms in total. The largest absolute Gasteiger partial charge is 0.493 e. The maximum absolute atomic E-state index is 5.48. The van der Waals surface area contributed by atoms with Crippen molar-refractivity contribution in [2.45, 2.75) is 13.0 Å². The van der Waals surface area contributed by atoms with Crippen LogP contribution in [0.5, 0.6) is 11.5 Å². The number of aromatic nitrogens is 3. The molecule has 1 fully saturated rings. The first kappa shape index (κ1) is 24.2. The lowest BCUT2D eigenvalue weighted by molar-refractivity contribution is 0.0370. The summed E-state index contributed by atoms with van der Waals surface area (Å²) in [6, 6.07) is 9.83. The molecule has 0 amide bonds.